The maximum Gasteiger partial charge on any atom is 0.417 e. The molecule has 3 rings (SSSR count). The van der Waals surface area contributed by atoms with Crippen LogP contribution in [-0.4, -0.2) is 40.5 Å². The number of aromatic nitrogens is 1. The summed E-state index contributed by atoms with van der Waals surface area (Å²) in [5.41, 5.74) is 0.811. The first-order chi connectivity index (χ1) is 11.6. The number of ether oxygens (including phenoxy) is 1. The average molecular weight is 327 g/mol. The SMILES string of the molecule is O=C(Cn1cccc1)NC(CN1C(=O)COC1=O)c1ccccc1. The zero-order valence-corrected chi connectivity index (χ0v) is 12.9. The maximum absolute atomic E-state index is 12.3. The number of nitrogens with zero attached hydrogens (tertiary/aromatic N) is 2. The Balaban J connectivity index is 1.73. The fourth-order valence-electron chi connectivity index (χ4n) is 2.54. The fraction of sp³-hybridized carbons (Fsp3) is 0.235. The van der Waals surface area contributed by atoms with E-state index in [0.717, 1.165) is 10.5 Å². The number of imide groups is 1. The van der Waals surface area contributed by atoms with E-state index in [1.807, 2.05) is 42.5 Å². The molecule has 1 aliphatic heterocycles. The summed E-state index contributed by atoms with van der Waals surface area (Å²) in [5.74, 6) is -0.611. The Morgan fingerprint density at radius 1 is 1.12 bits per heavy atom. The van der Waals surface area contributed by atoms with Crippen LogP contribution in [0.2, 0.25) is 0 Å². The average Bonchev–Trinajstić information content (AvgIpc) is 3.20. The summed E-state index contributed by atoms with van der Waals surface area (Å²) in [5, 5.41) is 2.88. The molecule has 1 aromatic heterocycles. The van der Waals surface area contributed by atoms with Crippen molar-refractivity contribution >= 4 is 17.9 Å². The van der Waals surface area contributed by atoms with E-state index in [4.69, 9.17) is 4.74 Å². The van der Waals surface area contributed by atoms with Gasteiger partial charge in [0.1, 0.15) is 6.54 Å². The van der Waals surface area contributed by atoms with Crippen LogP contribution in [0.5, 0.6) is 0 Å². The largest absolute Gasteiger partial charge is 0.439 e. The molecule has 124 valence electrons. The number of benzene rings is 1. The second-order valence-electron chi connectivity index (χ2n) is 5.45. The van der Waals surface area contributed by atoms with Gasteiger partial charge in [0, 0.05) is 12.4 Å². The molecule has 7 heteroatoms. The first kappa shape index (κ1) is 15.8. The number of hydrogen-bond acceptors (Lipinski definition) is 4. The van der Waals surface area contributed by atoms with Crippen LogP contribution in [0.4, 0.5) is 4.79 Å². The van der Waals surface area contributed by atoms with Crippen LogP contribution in [0.15, 0.2) is 54.9 Å². The Labute approximate surface area is 138 Å². The topological polar surface area (TPSA) is 80.6 Å². The van der Waals surface area contributed by atoms with Gasteiger partial charge >= 0.3 is 6.09 Å². The highest BCUT2D eigenvalue weighted by molar-refractivity contribution is 5.97. The number of carbonyl (C=O) groups excluding carboxylic acids is 3. The number of amides is 3. The molecular formula is C17H17N3O4. The number of cyclic esters (lactones) is 1. The van der Waals surface area contributed by atoms with Crippen LogP contribution in [0.3, 0.4) is 0 Å². The van der Waals surface area contributed by atoms with Crippen LogP contribution >= 0.6 is 0 Å². The van der Waals surface area contributed by atoms with Gasteiger partial charge in [-0.15, -0.1) is 0 Å². The second-order valence-corrected chi connectivity index (χ2v) is 5.45. The number of carbonyl (C=O) groups is 3. The lowest BCUT2D eigenvalue weighted by molar-refractivity contribution is -0.127. The van der Waals surface area contributed by atoms with E-state index in [9.17, 15) is 14.4 Å². The van der Waals surface area contributed by atoms with Gasteiger partial charge in [0.25, 0.3) is 5.91 Å². The van der Waals surface area contributed by atoms with E-state index in [2.05, 4.69) is 5.32 Å². The van der Waals surface area contributed by atoms with Gasteiger partial charge in [-0.3, -0.25) is 9.59 Å². The predicted molar refractivity (Wildman–Crippen MR) is 84.8 cm³/mol. The van der Waals surface area contributed by atoms with Crippen molar-refractivity contribution in [2.24, 2.45) is 0 Å². The molecule has 0 spiro atoms. The zero-order valence-electron chi connectivity index (χ0n) is 12.9. The van der Waals surface area contributed by atoms with E-state index in [0.29, 0.717) is 0 Å². The van der Waals surface area contributed by atoms with Gasteiger partial charge in [-0.25, -0.2) is 9.69 Å². The molecule has 1 unspecified atom stereocenters. The van der Waals surface area contributed by atoms with Crippen LogP contribution in [-0.2, 0) is 20.9 Å². The molecule has 1 aromatic carbocycles. The van der Waals surface area contributed by atoms with Gasteiger partial charge in [0.15, 0.2) is 6.61 Å². The van der Waals surface area contributed by atoms with Crippen molar-refractivity contribution in [3.8, 4) is 0 Å². The van der Waals surface area contributed by atoms with Crippen molar-refractivity contribution in [2.45, 2.75) is 12.6 Å². The van der Waals surface area contributed by atoms with Crippen LogP contribution < -0.4 is 5.32 Å². The van der Waals surface area contributed by atoms with E-state index in [-0.39, 0.29) is 25.6 Å². The summed E-state index contributed by atoms with van der Waals surface area (Å²) >= 11 is 0. The number of hydrogen-bond donors (Lipinski definition) is 1. The molecule has 24 heavy (non-hydrogen) atoms. The highest BCUT2D eigenvalue weighted by atomic mass is 16.6. The summed E-state index contributed by atoms with van der Waals surface area (Å²) in [6, 6.07) is 12.4. The van der Waals surface area contributed by atoms with Crippen molar-refractivity contribution in [2.75, 3.05) is 13.2 Å². The van der Waals surface area contributed by atoms with Crippen LogP contribution in [0.1, 0.15) is 11.6 Å². The molecule has 7 nitrogen and oxygen atoms in total. The van der Waals surface area contributed by atoms with Gasteiger partial charge in [-0.1, -0.05) is 30.3 Å². The van der Waals surface area contributed by atoms with Gasteiger partial charge < -0.3 is 14.6 Å². The lowest BCUT2D eigenvalue weighted by Gasteiger charge is -2.23. The summed E-state index contributed by atoms with van der Waals surface area (Å²) in [6.45, 7) is -0.0501. The second kappa shape index (κ2) is 6.99. The smallest absolute Gasteiger partial charge is 0.417 e. The monoisotopic (exact) mass is 327 g/mol. The summed E-state index contributed by atoms with van der Waals surface area (Å²) in [6.07, 6.45) is 2.90. The molecule has 1 atom stereocenters. The Kier molecular flexibility index (Phi) is 4.60. The summed E-state index contributed by atoms with van der Waals surface area (Å²) in [7, 11) is 0. The molecule has 0 saturated carbocycles. The van der Waals surface area contributed by atoms with Crippen molar-refractivity contribution in [3.05, 3.63) is 60.4 Å². The highest BCUT2D eigenvalue weighted by Gasteiger charge is 2.33. The van der Waals surface area contributed by atoms with E-state index >= 15 is 0 Å². The maximum atomic E-state index is 12.3. The highest BCUT2D eigenvalue weighted by Crippen LogP contribution is 2.17. The minimum Gasteiger partial charge on any atom is -0.439 e. The third kappa shape index (κ3) is 3.62. The Morgan fingerprint density at radius 3 is 2.46 bits per heavy atom. The molecule has 1 saturated heterocycles. The van der Waals surface area contributed by atoms with E-state index < -0.39 is 18.0 Å². The standard InChI is InChI=1S/C17H17N3O4/c21-15(11-19-8-4-5-9-19)18-14(13-6-2-1-3-7-13)10-20-16(22)12-24-17(20)23/h1-9,14H,10-12H2,(H,18,21). The minimum atomic E-state index is -0.680. The minimum absolute atomic E-state index is 0.0408. The van der Waals surface area contributed by atoms with E-state index in [1.165, 1.54) is 0 Å². The lowest BCUT2D eigenvalue weighted by Crippen LogP contribution is -2.41. The molecule has 1 fully saturated rings. The summed E-state index contributed by atoms with van der Waals surface area (Å²) in [4.78, 5) is 36.7. The Bertz CT molecular complexity index is 712. The number of rotatable bonds is 6. The third-order valence-corrected chi connectivity index (χ3v) is 3.74. The molecule has 0 aliphatic carbocycles. The van der Waals surface area contributed by atoms with Crippen LogP contribution in [0, 0.1) is 0 Å². The molecule has 2 aromatic rings. The van der Waals surface area contributed by atoms with Crippen molar-refractivity contribution < 1.29 is 19.1 Å². The van der Waals surface area contributed by atoms with Crippen molar-refractivity contribution in [3.63, 3.8) is 0 Å². The van der Waals surface area contributed by atoms with Gasteiger partial charge in [0.2, 0.25) is 5.91 Å². The molecule has 0 bridgehead atoms. The molecule has 1 N–H and O–H groups in total. The molecule has 2 heterocycles. The number of nitrogens with one attached hydrogen (secondary N) is 1. The molecule has 0 radical (unpaired) electrons. The van der Waals surface area contributed by atoms with Gasteiger partial charge in [-0.05, 0) is 17.7 Å². The van der Waals surface area contributed by atoms with Crippen molar-refractivity contribution in [1.82, 2.24) is 14.8 Å². The Morgan fingerprint density at radius 2 is 1.83 bits per heavy atom. The van der Waals surface area contributed by atoms with Crippen LogP contribution in [0.25, 0.3) is 0 Å². The van der Waals surface area contributed by atoms with Gasteiger partial charge in [-0.2, -0.15) is 0 Å². The molecule has 3 amide bonds. The van der Waals surface area contributed by atoms with Crippen molar-refractivity contribution in [1.29, 1.82) is 0 Å². The Hall–Kier alpha value is -3.09. The summed E-state index contributed by atoms with van der Waals surface area (Å²) < 4.78 is 6.47. The first-order valence-electron chi connectivity index (χ1n) is 7.55. The third-order valence-electron chi connectivity index (χ3n) is 3.74. The normalized spacial score (nSPS) is 15.2. The zero-order chi connectivity index (χ0) is 16.9. The first-order valence-corrected chi connectivity index (χ1v) is 7.55. The lowest BCUT2D eigenvalue weighted by atomic mass is 10.1. The molecule has 1 aliphatic rings. The quantitative estimate of drug-likeness (QED) is 0.868. The predicted octanol–water partition coefficient (Wildman–Crippen LogP) is 1.32. The van der Waals surface area contributed by atoms with E-state index in [1.54, 1.807) is 17.0 Å². The molecular weight excluding hydrogens is 310 g/mol. The van der Waals surface area contributed by atoms with Gasteiger partial charge in [0.05, 0.1) is 12.6 Å². The fourth-order valence-corrected chi connectivity index (χ4v) is 2.54.